The summed E-state index contributed by atoms with van der Waals surface area (Å²) in [5, 5.41) is 6.23. The normalized spacial score (nSPS) is 11.3. The maximum atomic E-state index is 12.3. The molecule has 0 atom stereocenters. The number of methoxy groups -OCH3 is 3. The third-order valence-electron chi connectivity index (χ3n) is 4.05. The molecule has 1 heterocycles. The summed E-state index contributed by atoms with van der Waals surface area (Å²) in [6.45, 7) is -0.679. The molecular formula is C20H26F3IN4O4. The lowest BCUT2D eigenvalue weighted by Crippen LogP contribution is -2.36. The Balaban J connectivity index is 0.00000512. The monoisotopic (exact) mass is 570 g/mol. The van der Waals surface area contributed by atoms with Crippen molar-refractivity contribution >= 4 is 29.9 Å². The van der Waals surface area contributed by atoms with Gasteiger partial charge in [0, 0.05) is 32.4 Å². The maximum absolute atomic E-state index is 12.3. The van der Waals surface area contributed by atoms with Crippen LogP contribution in [0.3, 0.4) is 0 Å². The van der Waals surface area contributed by atoms with E-state index in [2.05, 4.69) is 25.3 Å². The van der Waals surface area contributed by atoms with Gasteiger partial charge in [-0.1, -0.05) is 0 Å². The summed E-state index contributed by atoms with van der Waals surface area (Å²) < 4.78 is 57.5. The summed E-state index contributed by atoms with van der Waals surface area (Å²) in [5.41, 5.74) is 1.55. The number of alkyl halides is 3. The molecule has 32 heavy (non-hydrogen) atoms. The van der Waals surface area contributed by atoms with Crippen molar-refractivity contribution in [1.82, 2.24) is 15.6 Å². The van der Waals surface area contributed by atoms with E-state index in [0.717, 1.165) is 5.56 Å². The molecule has 1 aromatic carbocycles. The van der Waals surface area contributed by atoms with Crippen LogP contribution in [-0.4, -0.2) is 52.1 Å². The molecule has 0 radical (unpaired) electrons. The molecule has 0 bridgehead atoms. The molecule has 0 fully saturated rings. The zero-order valence-corrected chi connectivity index (χ0v) is 20.4. The highest BCUT2D eigenvalue weighted by Gasteiger charge is 2.28. The lowest BCUT2D eigenvalue weighted by atomic mass is 10.2. The van der Waals surface area contributed by atoms with Gasteiger partial charge in [-0.2, -0.15) is 13.2 Å². The molecule has 2 aromatic rings. The van der Waals surface area contributed by atoms with Crippen molar-refractivity contribution in [2.75, 3.05) is 35.0 Å². The minimum atomic E-state index is -4.42. The second-order valence-corrected chi connectivity index (χ2v) is 6.22. The van der Waals surface area contributed by atoms with Gasteiger partial charge in [0.05, 0.1) is 21.3 Å². The van der Waals surface area contributed by atoms with Gasteiger partial charge in [0.1, 0.15) is 0 Å². The molecule has 2 rings (SSSR count). The Hall–Kier alpha value is -2.64. The number of halogens is 4. The topological polar surface area (TPSA) is 86.2 Å². The predicted octanol–water partition coefficient (Wildman–Crippen LogP) is 3.53. The first-order valence-electron chi connectivity index (χ1n) is 9.17. The fraction of sp³-hybridized carbons (Fsp3) is 0.400. The first-order chi connectivity index (χ1) is 14.8. The molecule has 0 saturated carbocycles. The van der Waals surface area contributed by atoms with E-state index in [1.165, 1.54) is 33.6 Å². The summed E-state index contributed by atoms with van der Waals surface area (Å²) in [7, 11) is 6.21. The molecule has 0 aliphatic rings. The molecule has 0 aliphatic carbocycles. The molecule has 12 heteroatoms. The Labute approximate surface area is 201 Å². The first kappa shape index (κ1) is 27.4. The van der Waals surface area contributed by atoms with Crippen LogP contribution in [0.5, 0.6) is 23.1 Å². The average Bonchev–Trinajstić information content (AvgIpc) is 2.76. The third kappa shape index (κ3) is 8.48. The molecule has 0 amide bonds. The molecule has 1 aromatic heterocycles. The molecule has 8 nitrogen and oxygen atoms in total. The highest BCUT2D eigenvalue weighted by Crippen LogP contribution is 2.38. The van der Waals surface area contributed by atoms with Crippen molar-refractivity contribution in [3.63, 3.8) is 0 Å². The van der Waals surface area contributed by atoms with E-state index in [9.17, 15) is 13.2 Å². The number of benzene rings is 1. The largest absolute Gasteiger partial charge is 0.493 e. The minimum absolute atomic E-state index is 0. The maximum Gasteiger partial charge on any atom is 0.422 e. The second kappa shape index (κ2) is 13.0. The smallest absolute Gasteiger partial charge is 0.422 e. The molecular weight excluding hydrogens is 544 g/mol. The van der Waals surface area contributed by atoms with Gasteiger partial charge in [-0.3, -0.25) is 4.99 Å². The number of aromatic nitrogens is 1. The Morgan fingerprint density at radius 2 is 1.56 bits per heavy atom. The van der Waals surface area contributed by atoms with E-state index < -0.39 is 12.8 Å². The van der Waals surface area contributed by atoms with Gasteiger partial charge in [0.25, 0.3) is 0 Å². The number of rotatable bonds is 9. The number of aliphatic imine (C=N–C) groups is 1. The van der Waals surface area contributed by atoms with Gasteiger partial charge in [0.2, 0.25) is 11.6 Å². The lowest BCUT2D eigenvalue weighted by molar-refractivity contribution is -0.154. The van der Waals surface area contributed by atoms with Crippen LogP contribution in [0.15, 0.2) is 35.5 Å². The summed E-state index contributed by atoms with van der Waals surface area (Å²) in [6, 6.07) is 6.73. The van der Waals surface area contributed by atoms with E-state index in [-0.39, 0.29) is 29.9 Å². The van der Waals surface area contributed by atoms with Gasteiger partial charge < -0.3 is 29.6 Å². The van der Waals surface area contributed by atoms with Crippen LogP contribution < -0.4 is 29.6 Å². The SMILES string of the molecule is CN=C(NCc1ccnc(OCC(F)(F)F)c1)NCc1cc(OC)c(OC)c(OC)c1.I. The van der Waals surface area contributed by atoms with Crippen molar-refractivity contribution in [3.05, 3.63) is 41.6 Å². The van der Waals surface area contributed by atoms with Crippen LogP contribution >= 0.6 is 24.0 Å². The number of ether oxygens (including phenoxy) is 4. The zero-order valence-electron chi connectivity index (χ0n) is 18.1. The van der Waals surface area contributed by atoms with Crippen LogP contribution in [0.4, 0.5) is 13.2 Å². The molecule has 0 unspecified atom stereocenters. The third-order valence-corrected chi connectivity index (χ3v) is 4.05. The van der Waals surface area contributed by atoms with Crippen molar-refractivity contribution in [3.8, 4) is 23.1 Å². The number of nitrogens with one attached hydrogen (secondary N) is 2. The standard InChI is InChI=1S/C20H25F3N4O4.HI/c1-24-19(26-10-13-5-6-25-17(9-13)31-12-20(21,22)23)27-11-14-7-15(28-2)18(30-4)16(8-14)29-3;/h5-9H,10-12H2,1-4H3,(H2,24,26,27);1H. The van der Waals surface area contributed by atoms with Crippen LogP contribution in [0.25, 0.3) is 0 Å². The fourth-order valence-electron chi connectivity index (χ4n) is 2.62. The van der Waals surface area contributed by atoms with Gasteiger partial charge in [-0.05, 0) is 29.3 Å². The Morgan fingerprint density at radius 3 is 2.06 bits per heavy atom. The van der Waals surface area contributed by atoms with Gasteiger partial charge in [-0.25, -0.2) is 4.98 Å². The van der Waals surface area contributed by atoms with Crippen LogP contribution in [0.1, 0.15) is 11.1 Å². The number of pyridine rings is 1. The van der Waals surface area contributed by atoms with Crippen LogP contribution in [0.2, 0.25) is 0 Å². The molecule has 0 spiro atoms. The van der Waals surface area contributed by atoms with Gasteiger partial charge in [-0.15, -0.1) is 24.0 Å². The number of hydrogen-bond acceptors (Lipinski definition) is 6. The lowest BCUT2D eigenvalue weighted by Gasteiger charge is -2.16. The van der Waals surface area contributed by atoms with Crippen molar-refractivity contribution in [1.29, 1.82) is 0 Å². The first-order valence-corrected chi connectivity index (χ1v) is 9.17. The summed E-state index contributed by atoms with van der Waals surface area (Å²) >= 11 is 0. The van der Waals surface area contributed by atoms with E-state index in [1.54, 1.807) is 13.1 Å². The van der Waals surface area contributed by atoms with Crippen molar-refractivity contribution < 1.29 is 32.1 Å². The minimum Gasteiger partial charge on any atom is -0.493 e. The second-order valence-electron chi connectivity index (χ2n) is 6.22. The van der Waals surface area contributed by atoms with Gasteiger partial charge in [0.15, 0.2) is 24.1 Å². The van der Waals surface area contributed by atoms with E-state index >= 15 is 0 Å². The molecule has 0 aliphatic heterocycles. The summed E-state index contributed by atoms with van der Waals surface area (Å²) in [4.78, 5) is 7.92. The van der Waals surface area contributed by atoms with Gasteiger partial charge >= 0.3 is 6.18 Å². The highest BCUT2D eigenvalue weighted by atomic mass is 127. The van der Waals surface area contributed by atoms with E-state index in [1.807, 2.05) is 12.1 Å². The molecule has 2 N–H and O–H groups in total. The Bertz CT molecular complexity index is 872. The number of hydrogen-bond donors (Lipinski definition) is 2. The number of guanidine groups is 1. The van der Waals surface area contributed by atoms with Crippen molar-refractivity contribution in [2.24, 2.45) is 4.99 Å². The molecule has 0 saturated heterocycles. The van der Waals surface area contributed by atoms with E-state index in [0.29, 0.717) is 41.9 Å². The Morgan fingerprint density at radius 1 is 0.969 bits per heavy atom. The fourth-order valence-corrected chi connectivity index (χ4v) is 2.62. The predicted molar refractivity (Wildman–Crippen MR) is 124 cm³/mol. The average molecular weight is 570 g/mol. The van der Waals surface area contributed by atoms with E-state index in [4.69, 9.17) is 14.2 Å². The molecule has 178 valence electrons. The Kier molecular flexibility index (Phi) is 11.2. The number of nitrogens with zero attached hydrogens (tertiary/aromatic N) is 2. The van der Waals surface area contributed by atoms with Crippen LogP contribution in [-0.2, 0) is 13.1 Å². The van der Waals surface area contributed by atoms with Crippen LogP contribution in [0, 0.1) is 0 Å². The highest BCUT2D eigenvalue weighted by molar-refractivity contribution is 14.0. The zero-order chi connectivity index (χ0) is 22.9. The summed E-state index contributed by atoms with van der Waals surface area (Å²) in [6.07, 6.45) is -3.04. The quantitative estimate of drug-likeness (QED) is 0.271. The summed E-state index contributed by atoms with van der Waals surface area (Å²) in [5.74, 6) is 1.95. The van der Waals surface area contributed by atoms with Crippen molar-refractivity contribution in [2.45, 2.75) is 19.3 Å².